The number of likely N-dealkylation sites (N-methyl/N-ethyl adjacent to an activating group) is 1. The van der Waals surface area contributed by atoms with Crippen molar-refractivity contribution in [1.29, 1.82) is 0 Å². The van der Waals surface area contributed by atoms with Crippen molar-refractivity contribution in [3.8, 4) is 0 Å². The molecule has 1 aromatic carbocycles. The molecule has 0 bridgehead atoms. The molecule has 1 aromatic heterocycles. The van der Waals surface area contributed by atoms with Gasteiger partial charge in [-0.15, -0.1) is 0 Å². The Bertz CT molecular complexity index is 891. The molecule has 2 aromatic rings. The molecule has 1 fully saturated rings. The quantitative estimate of drug-likeness (QED) is 0.848. The smallest absolute Gasteiger partial charge is 0.255 e. The molecule has 0 spiro atoms. The minimum Gasteiger partial charge on any atom is -0.389 e. The molecule has 6 heteroatoms. The Morgan fingerprint density at radius 3 is 2.46 bits per heavy atom. The van der Waals surface area contributed by atoms with Crippen LogP contribution in [0.15, 0.2) is 47.3 Å². The molecule has 150 valence electrons. The van der Waals surface area contributed by atoms with Crippen LogP contribution in [0.1, 0.15) is 47.8 Å². The van der Waals surface area contributed by atoms with Gasteiger partial charge in [-0.1, -0.05) is 44.2 Å². The summed E-state index contributed by atoms with van der Waals surface area (Å²) in [5.74, 6) is -0.132. The first kappa shape index (κ1) is 20.3. The van der Waals surface area contributed by atoms with Crippen LogP contribution in [-0.4, -0.2) is 59.1 Å². The second kappa shape index (κ2) is 7.89. The zero-order valence-corrected chi connectivity index (χ0v) is 17.0. The predicted molar refractivity (Wildman–Crippen MR) is 109 cm³/mol. The van der Waals surface area contributed by atoms with Crippen molar-refractivity contribution < 1.29 is 9.90 Å². The summed E-state index contributed by atoms with van der Waals surface area (Å²) in [5, 5.41) is 11.1. The molecule has 2 N–H and O–H groups in total. The van der Waals surface area contributed by atoms with E-state index in [1.807, 2.05) is 63.2 Å². The number of β-amino-alcohol motifs (C(OH)–C–C–N with tert-alkyl or cyclic N) is 1. The molecule has 1 aliphatic heterocycles. The van der Waals surface area contributed by atoms with Gasteiger partial charge < -0.3 is 15.0 Å². The second-order valence-electron chi connectivity index (χ2n) is 8.01. The van der Waals surface area contributed by atoms with Crippen LogP contribution in [0.2, 0.25) is 0 Å². The van der Waals surface area contributed by atoms with Gasteiger partial charge in [0.15, 0.2) is 0 Å². The fraction of sp³-hybridized carbons (Fsp3) is 0.455. The minimum atomic E-state index is -0.729. The van der Waals surface area contributed by atoms with Gasteiger partial charge in [-0.2, -0.15) is 0 Å². The number of pyridine rings is 1. The van der Waals surface area contributed by atoms with Crippen LogP contribution in [0.25, 0.3) is 0 Å². The standard InChI is InChI=1S/C22H29N3O3/c1-15(2)20-17(10-11-19(27)23-20)21(28)25-13-12-22(24(3)4,18(26)14-25)16-8-6-5-7-9-16/h5-11,15,18,26H,12-14H2,1-4H3,(H,23,27)/t18-,22+/m1/s1. The number of benzene rings is 1. The second-order valence-corrected chi connectivity index (χ2v) is 8.01. The van der Waals surface area contributed by atoms with E-state index in [-0.39, 0.29) is 23.9 Å². The zero-order valence-electron chi connectivity index (χ0n) is 17.0. The van der Waals surface area contributed by atoms with E-state index in [9.17, 15) is 14.7 Å². The first-order valence-corrected chi connectivity index (χ1v) is 9.71. The summed E-state index contributed by atoms with van der Waals surface area (Å²) in [4.78, 5) is 31.4. The lowest BCUT2D eigenvalue weighted by molar-refractivity contribution is -0.0612. The van der Waals surface area contributed by atoms with Gasteiger partial charge in [-0.25, -0.2) is 0 Å². The maximum atomic E-state index is 13.2. The zero-order chi connectivity index (χ0) is 20.5. The third kappa shape index (κ3) is 3.50. The lowest BCUT2D eigenvalue weighted by Gasteiger charge is -2.50. The Labute approximate surface area is 165 Å². The number of aliphatic hydroxyl groups is 1. The van der Waals surface area contributed by atoms with Crippen molar-refractivity contribution in [2.45, 2.75) is 37.8 Å². The first-order chi connectivity index (χ1) is 13.3. The number of piperidine rings is 1. The van der Waals surface area contributed by atoms with E-state index in [1.54, 1.807) is 11.0 Å². The Morgan fingerprint density at radius 2 is 1.89 bits per heavy atom. The highest BCUT2D eigenvalue weighted by molar-refractivity contribution is 5.95. The lowest BCUT2D eigenvalue weighted by Crippen LogP contribution is -2.61. The van der Waals surface area contributed by atoms with Gasteiger partial charge in [0.05, 0.1) is 17.2 Å². The highest BCUT2D eigenvalue weighted by Gasteiger charge is 2.46. The highest BCUT2D eigenvalue weighted by atomic mass is 16.3. The molecule has 6 nitrogen and oxygen atoms in total. The summed E-state index contributed by atoms with van der Waals surface area (Å²) in [7, 11) is 3.93. The van der Waals surface area contributed by atoms with Gasteiger partial charge >= 0.3 is 0 Å². The first-order valence-electron chi connectivity index (χ1n) is 9.71. The summed E-state index contributed by atoms with van der Waals surface area (Å²) in [5.41, 5.74) is 1.43. The van der Waals surface area contributed by atoms with Crippen molar-refractivity contribution >= 4 is 5.91 Å². The summed E-state index contributed by atoms with van der Waals surface area (Å²) in [6.45, 7) is 4.65. The van der Waals surface area contributed by atoms with E-state index in [2.05, 4.69) is 4.98 Å². The highest BCUT2D eigenvalue weighted by Crippen LogP contribution is 2.38. The number of nitrogens with one attached hydrogen (secondary N) is 1. The Kier molecular flexibility index (Phi) is 5.72. The van der Waals surface area contributed by atoms with E-state index in [1.165, 1.54) is 6.07 Å². The molecule has 1 amide bonds. The molecule has 1 aliphatic rings. The number of H-pyrrole nitrogens is 1. The van der Waals surface area contributed by atoms with Crippen LogP contribution in [-0.2, 0) is 5.54 Å². The lowest BCUT2D eigenvalue weighted by atomic mass is 9.77. The van der Waals surface area contributed by atoms with Crippen molar-refractivity contribution in [3.63, 3.8) is 0 Å². The number of rotatable bonds is 4. The monoisotopic (exact) mass is 383 g/mol. The van der Waals surface area contributed by atoms with E-state index in [4.69, 9.17) is 0 Å². The van der Waals surface area contributed by atoms with Crippen LogP contribution in [0.3, 0.4) is 0 Å². The number of hydrogen-bond donors (Lipinski definition) is 2. The van der Waals surface area contributed by atoms with Crippen molar-refractivity contribution in [3.05, 3.63) is 69.6 Å². The molecule has 1 saturated heterocycles. The average molecular weight is 383 g/mol. The molecule has 2 heterocycles. The maximum absolute atomic E-state index is 13.2. The number of nitrogens with zero attached hydrogens (tertiary/aromatic N) is 2. The summed E-state index contributed by atoms with van der Waals surface area (Å²) in [6.07, 6.45) is -0.107. The van der Waals surface area contributed by atoms with Crippen LogP contribution >= 0.6 is 0 Å². The molecule has 3 rings (SSSR count). The summed E-state index contributed by atoms with van der Waals surface area (Å²) < 4.78 is 0. The maximum Gasteiger partial charge on any atom is 0.255 e. The number of carbonyl (C=O) groups excluding carboxylic acids is 1. The number of aromatic nitrogens is 1. The molecular formula is C22H29N3O3. The van der Waals surface area contributed by atoms with Crippen molar-refractivity contribution in [2.24, 2.45) is 0 Å². The molecular weight excluding hydrogens is 354 g/mol. The number of likely N-dealkylation sites (tertiary alicyclic amines) is 1. The third-order valence-electron chi connectivity index (χ3n) is 5.82. The molecule has 0 radical (unpaired) electrons. The van der Waals surface area contributed by atoms with Crippen LogP contribution in [0.5, 0.6) is 0 Å². The SMILES string of the molecule is CC(C)c1[nH]c(=O)ccc1C(=O)N1CC[C@@](c2ccccc2)(N(C)C)[C@H](O)C1. The largest absolute Gasteiger partial charge is 0.389 e. The van der Waals surface area contributed by atoms with Gasteiger partial charge in [-0.3, -0.25) is 14.5 Å². The van der Waals surface area contributed by atoms with E-state index in [0.717, 1.165) is 5.56 Å². The molecule has 0 saturated carbocycles. The predicted octanol–water partition coefficient (Wildman–Crippen LogP) is 2.16. The molecule has 28 heavy (non-hydrogen) atoms. The Morgan fingerprint density at radius 1 is 1.21 bits per heavy atom. The summed E-state index contributed by atoms with van der Waals surface area (Å²) in [6, 6.07) is 12.9. The van der Waals surface area contributed by atoms with Gasteiger partial charge in [0.25, 0.3) is 5.91 Å². The van der Waals surface area contributed by atoms with Gasteiger partial charge in [0.1, 0.15) is 0 Å². The van der Waals surface area contributed by atoms with Crippen LogP contribution < -0.4 is 5.56 Å². The van der Waals surface area contributed by atoms with E-state index in [0.29, 0.717) is 24.2 Å². The normalized spacial score (nSPS) is 22.7. The molecule has 2 atom stereocenters. The van der Waals surface area contributed by atoms with E-state index < -0.39 is 11.6 Å². The Balaban J connectivity index is 1.90. The topological polar surface area (TPSA) is 76.6 Å². The molecule has 0 aliphatic carbocycles. The average Bonchev–Trinajstić information content (AvgIpc) is 2.67. The fourth-order valence-electron chi connectivity index (χ4n) is 4.25. The Hall–Kier alpha value is -2.44. The minimum absolute atomic E-state index is 0.0211. The van der Waals surface area contributed by atoms with Crippen molar-refractivity contribution in [2.75, 3.05) is 27.2 Å². The number of aliphatic hydroxyl groups excluding tert-OH is 1. The van der Waals surface area contributed by atoms with E-state index >= 15 is 0 Å². The van der Waals surface area contributed by atoms with Gasteiger partial charge in [0, 0.05) is 24.8 Å². The van der Waals surface area contributed by atoms with Crippen LogP contribution in [0, 0.1) is 0 Å². The van der Waals surface area contributed by atoms with Gasteiger partial charge in [0.2, 0.25) is 5.56 Å². The third-order valence-corrected chi connectivity index (χ3v) is 5.82. The van der Waals surface area contributed by atoms with Gasteiger partial charge in [-0.05, 0) is 38.1 Å². The fourth-order valence-corrected chi connectivity index (χ4v) is 4.25. The molecule has 0 unspecified atom stereocenters. The number of carbonyl (C=O) groups is 1. The summed E-state index contributed by atoms with van der Waals surface area (Å²) >= 11 is 0. The number of amides is 1. The van der Waals surface area contributed by atoms with Crippen LogP contribution in [0.4, 0.5) is 0 Å². The number of hydrogen-bond acceptors (Lipinski definition) is 4. The number of aromatic amines is 1. The van der Waals surface area contributed by atoms with Crippen molar-refractivity contribution in [1.82, 2.24) is 14.8 Å².